The van der Waals surface area contributed by atoms with Crippen molar-refractivity contribution in [3.05, 3.63) is 65.2 Å². The maximum atomic E-state index is 11.8. The molecule has 0 bridgehead atoms. The van der Waals surface area contributed by atoms with Crippen LogP contribution in [0.4, 0.5) is 5.69 Å². The van der Waals surface area contributed by atoms with Crippen LogP contribution in [0, 0.1) is 0 Å². The van der Waals surface area contributed by atoms with Gasteiger partial charge < -0.3 is 20.4 Å². The Kier molecular flexibility index (Phi) is 8.33. The summed E-state index contributed by atoms with van der Waals surface area (Å²) in [5.74, 6) is 0.805. The molecule has 2 aromatic rings. The highest BCUT2D eigenvalue weighted by Crippen LogP contribution is 2.20. The third-order valence-corrected chi connectivity index (χ3v) is 5.76. The molecule has 0 aliphatic carbocycles. The van der Waals surface area contributed by atoms with Crippen molar-refractivity contribution in [3.63, 3.8) is 0 Å². The van der Waals surface area contributed by atoms with E-state index in [0.29, 0.717) is 5.56 Å². The molecule has 0 aromatic heterocycles. The highest BCUT2D eigenvalue weighted by molar-refractivity contribution is 5.94. The quantitative estimate of drug-likeness (QED) is 0.532. The van der Waals surface area contributed by atoms with Crippen molar-refractivity contribution in [2.45, 2.75) is 32.2 Å². The first-order valence-corrected chi connectivity index (χ1v) is 11.2. The largest absolute Gasteiger partial charge is 0.372 e. The van der Waals surface area contributed by atoms with Gasteiger partial charge in [0.05, 0.1) is 0 Å². The number of hydrogen-bond donors (Lipinski definition) is 2. The number of nitrogens with zero attached hydrogens (tertiary/aromatic N) is 3. The van der Waals surface area contributed by atoms with Gasteiger partial charge >= 0.3 is 0 Å². The molecule has 3 rings (SSSR count). The molecule has 1 aliphatic heterocycles. The zero-order chi connectivity index (χ0) is 22.1. The van der Waals surface area contributed by atoms with Gasteiger partial charge in [-0.15, -0.1) is 0 Å². The van der Waals surface area contributed by atoms with Crippen LogP contribution in [-0.4, -0.2) is 57.5 Å². The summed E-state index contributed by atoms with van der Waals surface area (Å²) in [6.07, 6.45) is 4.76. The Hall–Kier alpha value is -3.02. The summed E-state index contributed by atoms with van der Waals surface area (Å²) < 4.78 is 0. The number of hydrogen-bond acceptors (Lipinski definition) is 3. The van der Waals surface area contributed by atoms with Crippen LogP contribution in [0.1, 0.15) is 40.7 Å². The van der Waals surface area contributed by atoms with Crippen LogP contribution in [0.15, 0.2) is 53.5 Å². The van der Waals surface area contributed by atoms with Gasteiger partial charge in [0, 0.05) is 58.6 Å². The average Bonchev–Trinajstić information content (AvgIpc) is 2.82. The third kappa shape index (κ3) is 6.48. The molecule has 6 nitrogen and oxygen atoms in total. The zero-order valence-electron chi connectivity index (χ0n) is 19.0. The van der Waals surface area contributed by atoms with Gasteiger partial charge in [0.1, 0.15) is 0 Å². The Bertz CT molecular complexity index is 872. The van der Waals surface area contributed by atoms with Gasteiger partial charge in [0.25, 0.3) is 5.91 Å². The Balaban J connectivity index is 1.50. The summed E-state index contributed by atoms with van der Waals surface area (Å²) in [4.78, 5) is 20.9. The fraction of sp³-hybridized carbons (Fsp3) is 0.440. The van der Waals surface area contributed by atoms with Crippen molar-refractivity contribution in [3.8, 4) is 0 Å². The number of amides is 1. The molecule has 6 heteroatoms. The molecule has 1 amide bonds. The lowest BCUT2D eigenvalue weighted by Crippen LogP contribution is -2.39. The Labute approximate surface area is 186 Å². The molecule has 1 saturated heterocycles. The van der Waals surface area contributed by atoms with Crippen molar-refractivity contribution >= 4 is 17.6 Å². The van der Waals surface area contributed by atoms with Crippen molar-refractivity contribution in [2.75, 3.05) is 45.7 Å². The maximum absolute atomic E-state index is 11.8. The van der Waals surface area contributed by atoms with E-state index in [4.69, 9.17) is 0 Å². The van der Waals surface area contributed by atoms with Crippen molar-refractivity contribution in [2.24, 2.45) is 4.99 Å². The number of guanidine groups is 1. The van der Waals surface area contributed by atoms with Gasteiger partial charge in [-0.05, 0) is 61.1 Å². The molecule has 1 fully saturated rings. The van der Waals surface area contributed by atoms with Gasteiger partial charge in [-0.3, -0.25) is 9.79 Å². The summed E-state index contributed by atoms with van der Waals surface area (Å²) in [6.45, 7) is 3.89. The predicted octanol–water partition coefficient (Wildman–Crippen LogP) is 3.29. The van der Waals surface area contributed by atoms with E-state index in [0.717, 1.165) is 31.0 Å². The molecular formula is C25H35N5O. The lowest BCUT2D eigenvalue weighted by atomic mass is 10.1. The van der Waals surface area contributed by atoms with Crippen LogP contribution in [0.3, 0.4) is 0 Å². The topological polar surface area (TPSA) is 60.0 Å². The van der Waals surface area contributed by atoms with E-state index >= 15 is 0 Å². The molecule has 166 valence electrons. The minimum absolute atomic E-state index is 0.0587. The lowest BCUT2D eigenvalue weighted by Gasteiger charge is -2.29. The molecule has 0 saturated carbocycles. The SMILES string of the molecule is CN=C(NCCc1cccc(C(=O)NC)c1)N(C)Cc1ccc(N2CCCCC2)cc1. The van der Waals surface area contributed by atoms with Crippen LogP contribution in [0.25, 0.3) is 0 Å². The van der Waals surface area contributed by atoms with E-state index in [-0.39, 0.29) is 5.91 Å². The predicted molar refractivity (Wildman–Crippen MR) is 129 cm³/mol. The van der Waals surface area contributed by atoms with E-state index in [2.05, 4.69) is 56.7 Å². The molecule has 0 unspecified atom stereocenters. The summed E-state index contributed by atoms with van der Waals surface area (Å²) in [7, 11) is 5.52. The molecule has 0 spiro atoms. The first kappa shape index (κ1) is 22.7. The number of carbonyl (C=O) groups excluding carboxylic acids is 1. The fourth-order valence-electron chi connectivity index (χ4n) is 4.03. The van der Waals surface area contributed by atoms with Crippen molar-refractivity contribution in [1.82, 2.24) is 15.5 Å². The smallest absolute Gasteiger partial charge is 0.251 e. The van der Waals surface area contributed by atoms with Crippen LogP contribution in [-0.2, 0) is 13.0 Å². The second-order valence-corrected chi connectivity index (χ2v) is 8.07. The molecule has 2 N–H and O–H groups in total. The molecule has 0 radical (unpaired) electrons. The number of piperidine rings is 1. The summed E-state index contributed by atoms with van der Waals surface area (Å²) in [6, 6.07) is 16.7. The summed E-state index contributed by atoms with van der Waals surface area (Å²) in [5, 5.41) is 6.10. The van der Waals surface area contributed by atoms with Crippen LogP contribution in [0.5, 0.6) is 0 Å². The van der Waals surface area contributed by atoms with Gasteiger partial charge in [-0.2, -0.15) is 0 Å². The zero-order valence-corrected chi connectivity index (χ0v) is 19.0. The van der Waals surface area contributed by atoms with E-state index in [1.165, 1.54) is 43.6 Å². The van der Waals surface area contributed by atoms with E-state index in [1.54, 1.807) is 7.05 Å². The number of rotatable bonds is 7. The molecule has 2 aromatic carbocycles. The van der Waals surface area contributed by atoms with Crippen LogP contribution in [0.2, 0.25) is 0 Å². The van der Waals surface area contributed by atoms with Crippen molar-refractivity contribution in [1.29, 1.82) is 0 Å². The van der Waals surface area contributed by atoms with E-state index < -0.39 is 0 Å². The number of carbonyl (C=O) groups is 1. The lowest BCUT2D eigenvalue weighted by molar-refractivity contribution is 0.0963. The number of aliphatic imine (C=N–C) groups is 1. The van der Waals surface area contributed by atoms with Crippen LogP contribution < -0.4 is 15.5 Å². The molecule has 1 aliphatic rings. The Morgan fingerprint density at radius 1 is 1.06 bits per heavy atom. The molecule has 1 heterocycles. The number of benzene rings is 2. The normalized spacial score (nSPS) is 14.3. The highest BCUT2D eigenvalue weighted by atomic mass is 16.1. The minimum atomic E-state index is -0.0587. The highest BCUT2D eigenvalue weighted by Gasteiger charge is 2.12. The molecule has 0 atom stereocenters. The molecular weight excluding hydrogens is 386 g/mol. The molecule has 31 heavy (non-hydrogen) atoms. The van der Waals surface area contributed by atoms with Gasteiger partial charge in [-0.25, -0.2) is 0 Å². The fourth-order valence-corrected chi connectivity index (χ4v) is 4.03. The first-order valence-electron chi connectivity index (χ1n) is 11.2. The Morgan fingerprint density at radius 3 is 2.48 bits per heavy atom. The average molecular weight is 422 g/mol. The van der Waals surface area contributed by atoms with Crippen LogP contribution >= 0.6 is 0 Å². The monoisotopic (exact) mass is 421 g/mol. The number of anilines is 1. The first-order chi connectivity index (χ1) is 15.1. The van der Waals surface area contributed by atoms with E-state index in [1.807, 2.05) is 31.3 Å². The van der Waals surface area contributed by atoms with E-state index in [9.17, 15) is 4.79 Å². The summed E-state index contributed by atoms with van der Waals surface area (Å²) >= 11 is 0. The third-order valence-electron chi connectivity index (χ3n) is 5.76. The standard InChI is InChI=1S/C25H35N5O/c1-26-24(31)22-9-7-8-20(18-22)14-15-28-25(27-2)29(3)19-21-10-12-23(13-11-21)30-16-5-4-6-17-30/h7-13,18H,4-6,14-17,19H2,1-3H3,(H,26,31)(H,27,28). The maximum Gasteiger partial charge on any atom is 0.251 e. The summed E-state index contributed by atoms with van der Waals surface area (Å²) in [5.41, 5.74) is 4.41. The Morgan fingerprint density at radius 2 is 1.81 bits per heavy atom. The minimum Gasteiger partial charge on any atom is -0.372 e. The van der Waals surface area contributed by atoms with Gasteiger partial charge in [0.15, 0.2) is 5.96 Å². The second-order valence-electron chi connectivity index (χ2n) is 8.07. The number of nitrogens with one attached hydrogen (secondary N) is 2. The van der Waals surface area contributed by atoms with Gasteiger partial charge in [0.2, 0.25) is 0 Å². The van der Waals surface area contributed by atoms with Gasteiger partial charge in [-0.1, -0.05) is 24.3 Å². The second kappa shape index (κ2) is 11.4. The van der Waals surface area contributed by atoms with Crippen molar-refractivity contribution < 1.29 is 4.79 Å².